The summed E-state index contributed by atoms with van der Waals surface area (Å²) in [6.07, 6.45) is 8.01. The Morgan fingerprint density at radius 1 is 0.910 bits per heavy atom. The number of nitrogens with zero attached hydrogens (tertiary/aromatic N) is 3. The first kappa shape index (κ1) is 46.1. The average molecular weight is 956 g/mol. The van der Waals surface area contributed by atoms with E-state index in [9.17, 15) is 28.1 Å². The highest BCUT2D eigenvalue weighted by atomic mass is 32.1. The molecule has 0 radical (unpaired) electrons. The molecule has 12 nitrogen and oxygen atoms in total. The van der Waals surface area contributed by atoms with Gasteiger partial charge in [-0.15, -0.1) is 11.3 Å². The molecule has 3 aromatic carbocycles. The number of alkyl halides is 2. The van der Waals surface area contributed by atoms with Crippen molar-refractivity contribution in [2.24, 2.45) is 0 Å². The number of hydrogen-bond donors (Lipinski definition) is 2. The van der Waals surface area contributed by atoms with Crippen LogP contribution < -0.4 is 14.9 Å². The highest BCUT2D eigenvalue weighted by Gasteiger charge is 2.59. The number of carbonyl (C=O) groups excluding carboxylic acids is 4. The van der Waals surface area contributed by atoms with Gasteiger partial charge in [-0.1, -0.05) is 54.6 Å². The number of carbonyl (C=O) groups is 4. The van der Waals surface area contributed by atoms with E-state index in [-0.39, 0.29) is 58.8 Å². The number of likely N-dealkylation sites (tertiary alicyclic amines) is 1. The minimum atomic E-state index is -4.48. The fourth-order valence-corrected chi connectivity index (χ4v) is 14.0. The maximum absolute atomic E-state index is 16.8. The van der Waals surface area contributed by atoms with Crippen LogP contribution in [0.4, 0.5) is 8.78 Å². The van der Waals surface area contributed by atoms with Crippen molar-refractivity contribution in [1.82, 2.24) is 25.1 Å². The number of fused-ring (bicyclic) bond motifs is 2. The molecule has 3 amide bonds. The van der Waals surface area contributed by atoms with Gasteiger partial charge in [0.2, 0.25) is 17.7 Å². The van der Waals surface area contributed by atoms with Gasteiger partial charge in [0.25, 0.3) is 5.91 Å². The van der Waals surface area contributed by atoms with E-state index in [1.165, 1.54) is 36.0 Å². The lowest BCUT2D eigenvalue weighted by atomic mass is 9.86. The molecular formula is C51H60F2N5O7PS. The highest BCUT2D eigenvalue weighted by Crippen LogP contribution is 2.58. The van der Waals surface area contributed by atoms with Crippen LogP contribution in [0, 0.1) is 0 Å². The third-order valence-corrected chi connectivity index (χ3v) is 18.8. The smallest absolute Gasteiger partial charge is 0.355 e. The summed E-state index contributed by atoms with van der Waals surface area (Å²) >= 11 is 1.19. The molecule has 4 aromatic rings. The first-order valence-corrected chi connectivity index (χ1v) is 26.6. The van der Waals surface area contributed by atoms with E-state index >= 15 is 4.39 Å². The van der Waals surface area contributed by atoms with Crippen LogP contribution in [0.5, 0.6) is 5.75 Å². The molecule has 67 heavy (non-hydrogen) atoms. The summed E-state index contributed by atoms with van der Waals surface area (Å²) in [6, 6.07) is 22.1. The Morgan fingerprint density at radius 3 is 2.33 bits per heavy atom. The van der Waals surface area contributed by atoms with Crippen LogP contribution >= 0.6 is 18.9 Å². The Labute approximate surface area is 394 Å². The minimum Gasteiger partial charge on any atom is -0.461 e. The number of benzene rings is 3. The highest BCUT2D eigenvalue weighted by molar-refractivity contribution is 7.57. The van der Waals surface area contributed by atoms with Crippen LogP contribution in [0.2, 0.25) is 0 Å². The van der Waals surface area contributed by atoms with E-state index in [0.29, 0.717) is 66.5 Å². The van der Waals surface area contributed by atoms with Crippen LogP contribution in [-0.4, -0.2) is 106 Å². The molecule has 3 aliphatic carbocycles. The molecule has 2 N–H and O–H groups in total. The third-order valence-electron chi connectivity index (χ3n) is 15.5. The van der Waals surface area contributed by atoms with E-state index in [4.69, 9.17) is 9.26 Å². The molecule has 10 rings (SSSR count). The van der Waals surface area contributed by atoms with E-state index in [1.54, 1.807) is 47.4 Å². The molecule has 1 spiro atoms. The van der Waals surface area contributed by atoms with Gasteiger partial charge in [0.15, 0.2) is 0 Å². The van der Waals surface area contributed by atoms with E-state index in [2.05, 4.69) is 32.3 Å². The summed E-state index contributed by atoms with van der Waals surface area (Å²) in [6.45, 7) is 2.08. The van der Waals surface area contributed by atoms with Crippen LogP contribution in [0.25, 0.3) is 10.1 Å². The molecule has 6 fully saturated rings. The first-order valence-electron chi connectivity index (χ1n) is 24.1. The van der Waals surface area contributed by atoms with Crippen LogP contribution in [0.1, 0.15) is 123 Å². The molecule has 356 valence electrons. The SMILES string of the molecule is C[C@H](NP(=O)(Oc1ccccc1)[C@H](F)c1ccc2sc(C(=O)N[C@H]3CC[C@H](N(C)C4CC(F)C4)C[C@H]4CC[C@@H](C(=O)N5C[C@H](c6ccccc6)CC56CC6)N4C3=O)cc2c1)C(=O)OC1CCC1. The number of hydrogen-bond acceptors (Lipinski definition) is 9. The van der Waals surface area contributed by atoms with Crippen molar-refractivity contribution in [3.8, 4) is 5.75 Å². The lowest BCUT2D eigenvalue weighted by Crippen LogP contribution is -2.59. The minimum absolute atomic E-state index is 0.00921. The van der Waals surface area contributed by atoms with Crippen LogP contribution in [0.15, 0.2) is 84.9 Å². The van der Waals surface area contributed by atoms with Crippen LogP contribution in [-0.2, 0) is 23.7 Å². The Morgan fingerprint density at radius 2 is 1.64 bits per heavy atom. The zero-order valence-electron chi connectivity index (χ0n) is 38.1. The number of esters is 1. The van der Waals surface area contributed by atoms with Crippen molar-refractivity contribution in [2.75, 3.05) is 13.6 Å². The normalized spacial score (nSPS) is 28.7. The fraction of sp³-hybridized carbons (Fsp3) is 0.529. The van der Waals surface area contributed by atoms with Crippen LogP contribution in [0.3, 0.4) is 0 Å². The number of rotatable bonds is 14. The third kappa shape index (κ3) is 9.30. The number of thiophene rings is 1. The Bertz CT molecular complexity index is 2540. The molecule has 4 heterocycles. The lowest BCUT2D eigenvalue weighted by molar-refractivity contribution is -0.154. The first-order chi connectivity index (χ1) is 32.3. The number of ether oxygens (including phenoxy) is 1. The molecular weight excluding hydrogens is 896 g/mol. The summed E-state index contributed by atoms with van der Waals surface area (Å²) in [5, 5.41) is 6.24. The summed E-state index contributed by atoms with van der Waals surface area (Å²) in [5.41, 5.74) is 1.06. The van der Waals surface area contributed by atoms with Gasteiger partial charge in [-0.3, -0.25) is 23.7 Å². The van der Waals surface area contributed by atoms with Crippen molar-refractivity contribution < 1.29 is 41.8 Å². The fourth-order valence-electron chi connectivity index (χ4n) is 11.2. The van der Waals surface area contributed by atoms with Gasteiger partial charge in [-0.25, -0.2) is 13.9 Å². The number of amides is 3. The summed E-state index contributed by atoms with van der Waals surface area (Å²) < 4.78 is 57.5. The van der Waals surface area contributed by atoms with Gasteiger partial charge in [-0.05, 0) is 144 Å². The molecule has 3 saturated heterocycles. The molecule has 16 heteroatoms. The second-order valence-corrected chi connectivity index (χ2v) is 23.1. The Kier molecular flexibility index (Phi) is 12.8. The second kappa shape index (κ2) is 18.7. The van der Waals surface area contributed by atoms with Crippen molar-refractivity contribution in [1.29, 1.82) is 0 Å². The molecule has 1 unspecified atom stereocenters. The maximum Gasteiger partial charge on any atom is 0.355 e. The van der Waals surface area contributed by atoms with Gasteiger partial charge in [-0.2, -0.15) is 0 Å². The zero-order valence-corrected chi connectivity index (χ0v) is 39.8. The Balaban J connectivity index is 0.884. The topological polar surface area (TPSA) is 138 Å². The van der Waals surface area contributed by atoms with E-state index < -0.39 is 49.6 Å². The Hall–Kier alpha value is -4.69. The largest absolute Gasteiger partial charge is 0.461 e. The molecule has 3 aliphatic heterocycles. The zero-order chi connectivity index (χ0) is 46.6. The molecule has 1 aromatic heterocycles. The average Bonchev–Trinajstić information content (AvgIpc) is 3.58. The van der Waals surface area contributed by atoms with Gasteiger partial charge < -0.3 is 29.3 Å². The summed E-state index contributed by atoms with van der Waals surface area (Å²) in [5.74, 6) is -3.20. The number of halogens is 2. The van der Waals surface area contributed by atoms with E-state index in [1.807, 2.05) is 25.2 Å². The predicted octanol–water partition coefficient (Wildman–Crippen LogP) is 9.21. The number of para-hydroxylation sites is 1. The van der Waals surface area contributed by atoms with Crippen molar-refractivity contribution in [2.45, 2.75) is 156 Å². The molecule has 0 bridgehead atoms. The second-order valence-electron chi connectivity index (χ2n) is 19.9. The maximum atomic E-state index is 16.8. The number of nitrogens with one attached hydrogen (secondary N) is 2. The van der Waals surface area contributed by atoms with Gasteiger partial charge >= 0.3 is 13.5 Å². The van der Waals surface area contributed by atoms with Crippen molar-refractivity contribution in [3.05, 3.63) is 101 Å². The molecule has 6 aliphatic rings. The summed E-state index contributed by atoms with van der Waals surface area (Å²) in [4.78, 5) is 63.4. The van der Waals surface area contributed by atoms with Gasteiger partial charge in [0.1, 0.15) is 36.2 Å². The standard InChI is InChI=1S/C51H60F2N5O7PS/c1-31(50(62)64-40-14-9-15-40)55-66(63,65-41-12-7-4-8-13-41)46(53)33-16-21-44-34(24-33)25-45(67-44)47(59)54-42-19-17-37(56(2)39-26-36(52)27-39)28-38-18-20-43(58(38)48(42)60)49(61)57-30-35(29-51(57)22-23-51)32-10-5-3-6-11-32/h3-8,10-13,16,21,24-25,31,35-40,42-43,46H,9,14-15,17-20,22-23,26-30H2,1-2H3,(H,54,59)(H,55,63)/t31-,35+,36?,37-,38+,39?,42-,43-,46-,66?/m0/s1. The van der Waals surface area contributed by atoms with Gasteiger partial charge in [0, 0.05) is 40.8 Å². The van der Waals surface area contributed by atoms with Gasteiger partial charge in [0.05, 0.1) is 4.88 Å². The lowest BCUT2D eigenvalue weighted by Gasteiger charge is -2.45. The van der Waals surface area contributed by atoms with E-state index in [0.717, 1.165) is 38.5 Å². The van der Waals surface area contributed by atoms with Crippen molar-refractivity contribution in [3.63, 3.8) is 0 Å². The van der Waals surface area contributed by atoms with Crippen molar-refractivity contribution >= 4 is 52.6 Å². The quantitative estimate of drug-likeness (QED) is 0.0937. The molecule has 3 saturated carbocycles. The summed E-state index contributed by atoms with van der Waals surface area (Å²) in [7, 11) is -2.45. The molecule has 8 atom stereocenters. The monoisotopic (exact) mass is 955 g/mol. The predicted molar refractivity (Wildman–Crippen MR) is 252 cm³/mol.